The first-order valence-electron chi connectivity index (χ1n) is 8.57. The molecular formula is C17H29N3S. The van der Waals surface area contributed by atoms with Crippen LogP contribution in [0.15, 0.2) is 0 Å². The molecule has 1 aliphatic heterocycles. The molecule has 2 heterocycles. The van der Waals surface area contributed by atoms with E-state index in [-0.39, 0.29) is 0 Å². The van der Waals surface area contributed by atoms with E-state index >= 15 is 0 Å². The quantitative estimate of drug-likeness (QED) is 0.906. The zero-order valence-electron chi connectivity index (χ0n) is 13.7. The first-order chi connectivity index (χ1) is 10.1. The van der Waals surface area contributed by atoms with Gasteiger partial charge in [-0.1, -0.05) is 32.1 Å². The minimum absolute atomic E-state index is 0.435. The van der Waals surface area contributed by atoms with Crippen LogP contribution in [0.5, 0.6) is 0 Å². The fraction of sp³-hybridized carbons (Fsp3) is 0.824. The van der Waals surface area contributed by atoms with Gasteiger partial charge in [-0.05, 0) is 50.5 Å². The molecular weight excluding hydrogens is 278 g/mol. The molecule has 1 fully saturated rings. The minimum atomic E-state index is 0.435. The predicted molar refractivity (Wildman–Crippen MR) is 91.3 cm³/mol. The first-order valence-corrected chi connectivity index (χ1v) is 9.38. The summed E-state index contributed by atoms with van der Waals surface area (Å²) in [6, 6.07) is 0.553. The number of rotatable bonds is 4. The van der Waals surface area contributed by atoms with E-state index in [9.17, 15) is 0 Å². The van der Waals surface area contributed by atoms with Crippen LogP contribution in [0, 0.1) is 5.41 Å². The van der Waals surface area contributed by atoms with Gasteiger partial charge in [0.25, 0.3) is 0 Å². The Labute approximate surface area is 133 Å². The third-order valence-electron chi connectivity index (χ3n) is 4.75. The van der Waals surface area contributed by atoms with Crippen molar-refractivity contribution >= 4 is 16.5 Å². The molecule has 1 aromatic rings. The van der Waals surface area contributed by atoms with E-state index in [1.54, 1.807) is 0 Å². The molecule has 118 valence electrons. The van der Waals surface area contributed by atoms with Crippen molar-refractivity contribution in [1.82, 2.24) is 10.3 Å². The largest absolute Gasteiger partial charge is 0.348 e. The van der Waals surface area contributed by atoms with E-state index in [2.05, 4.69) is 31.0 Å². The lowest BCUT2D eigenvalue weighted by molar-refractivity contribution is 0.293. The lowest BCUT2D eigenvalue weighted by Gasteiger charge is -2.37. The molecule has 0 aromatic carbocycles. The summed E-state index contributed by atoms with van der Waals surface area (Å²) in [5.74, 6) is 0. The van der Waals surface area contributed by atoms with Crippen molar-refractivity contribution in [2.75, 3.05) is 24.5 Å². The number of aromatic nitrogens is 1. The Bertz CT molecular complexity index is 480. The number of hydrogen-bond donors (Lipinski definition) is 1. The molecule has 1 saturated heterocycles. The van der Waals surface area contributed by atoms with Gasteiger partial charge < -0.3 is 10.2 Å². The molecule has 1 unspecified atom stereocenters. The summed E-state index contributed by atoms with van der Waals surface area (Å²) in [5.41, 5.74) is 1.81. The van der Waals surface area contributed by atoms with Crippen molar-refractivity contribution in [3.05, 3.63) is 10.6 Å². The highest BCUT2D eigenvalue weighted by Crippen LogP contribution is 2.40. The number of nitrogens with one attached hydrogen (secondary N) is 1. The number of hydrogen-bond acceptors (Lipinski definition) is 4. The highest BCUT2D eigenvalue weighted by molar-refractivity contribution is 7.15. The van der Waals surface area contributed by atoms with Crippen molar-refractivity contribution in [1.29, 1.82) is 0 Å². The first kappa shape index (κ1) is 15.3. The molecule has 1 aliphatic carbocycles. The summed E-state index contributed by atoms with van der Waals surface area (Å²) in [7, 11) is 0. The fourth-order valence-electron chi connectivity index (χ4n) is 3.64. The normalized spacial score (nSPS) is 24.9. The third-order valence-corrected chi connectivity index (χ3v) is 6.02. The number of fused-ring (bicyclic) bond motifs is 1. The maximum absolute atomic E-state index is 5.00. The number of aryl methyl sites for hydroxylation is 1. The van der Waals surface area contributed by atoms with E-state index in [1.165, 1.54) is 60.8 Å². The van der Waals surface area contributed by atoms with Crippen molar-refractivity contribution in [3.8, 4) is 0 Å². The minimum Gasteiger partial charge on any atom is -0.348 e. The van der Waals surface area contributed by atoms with Crippen LogP contribution < -0.4 is 10.2 Å². The predicted octanol–water partition coefficient (Wildman–Crippen LogP) is 4.15. The summed E-state index contributed by atoms with van der Waals surface area (Å²) >= 11 is 1.95. The number of nitrogens with zero attached hydrogens (tertiary/aromatic N) is 2. The van der Waals surface area contributed by atoms with E-state index in [0.29, 0.717) is 11.5 Å². The monoisotopic (exact) mass is 307 g/mol. The molecule has 1 N–H and O–H groups in total. The zero-order valence-corrected chi connectivity index (χ0v) is 14.6. The SMILES string of the molecule is CCCNC1CCCc2nc(N3CCCC(C)(C)C3)sc21. The molecule has 0 bridgehead atoms. The summed E-state index contributed by atoms with van der Waals surface area (Å²) in [6.07, 6.45) is 7.58. The van der Waals surface area contributed by atoms with Crippen LogP contribution >= 0.6 is 11.3 Å². The molecule has 2 aliphatic rings. The molecule has 1 aromatic heterocycles. The van der Waals surface area contributed by atoms with Gasteiger partial charge in [-0.15, -0.1) is 0 Å². The van der Waals surface area contributed by atoms with E-state index in [1.807, 2.05) is 11.3 Å². The summed E-state index contributed by atoms with van der Waals surface area (Å²) in [5, 5.41) is 4.99. The second kappa shape index (κ2) is 6.25. The lowest BCUT2D eigenvalue weighted by Crippen LogP contribution is -2.40. The Hall–Kier alpha value is -0.610. The van der Waals surface area contributed by atoms with E-state index < -0.39 is 0 Å². The molecule has 4 heteroatoms. The Morgan fingerprint density at radius 3 is 3.00 bits per heavy atom. The number of thiazole rings is 1. The van der Waals surface area contributed by atoms with Crippen molar-refractivity contribution in [2.45, 2.75) is 65.3 Å². The second-order valence-corrected chi connectivity index (χ2v) is 8.40. The smallest absolute Gasteiger partial charge is 0.185 e. The summed E-state index contributed by atoms with van der Waals surface area (Å²) in [4.78, 5) is 9.06. The topological polar surface area (TPSA) is 28.2 Å². The highest BCUT2D eigenvalue weighted by atomic mass is 32.1. The van der Waals surface area contributed by atoms with Gasteiger partial charge in [-0.2, -0.15) is 0 Å². The standard InChI is InChI=1S/C17H29N3S/c1-4-10-18-13-7-5-8-14-15(13)21-16(19-14)20-11-6-9-17(2,3)12-20/h13,18H,4-12H2,1-3H3. The molecule has 0 saturated carbocycles. The fourth-order valence-corrected chi connectivity index (χ4v) is 4.89. The molecule has 3 rings (SSSR count). The van der Waals surface area contributed by atoms with E-state index in [0.717, 1.165) is 13.1 Å². The van der Waals surface area contributed by atoms with Crippen LogP contribution in [-0.2, 0) is 6.42 Å². The number of piperidine rings is 1. The molecule has 21 heavy (non-hydrogen) atoms. The number of anilines is 1. The molecule has 0 spiro atoms. The lowest BCUT2D eigenvalue weighted by atomic mass is 9.84. The average Bonchev–Trinajstić information content (AvgIpc) is 2.88. The second-order valence-electron chi connectivity index (χ2n) is 7.40. The van der Waals surface area contributed by atoms with Crippen LogP contribution in [0.1, 0.15) is 69.5 Å². The summed E-state index contributed by atoms with van der Waals surface area (Å²) < 4.78 is 0. The van der Waals surface area contributed by atoms with Crippen LogP contribution in [0.4, 0.5) is 5.13 Å². The summed E-state index contributed by atoms with van der Waals surface area (Å²) in [6.45, 7) is 10.5. The Morgan fingerprint density at radius 2 is 2.24 bits per heavy atom. The van der Waals surface area contributed by atoms with Gasteiger partial charge in [0.1, 0.15) is 0 Å². The molecule has 0 radical (unpaired) electrons. The third kappa shape index (κ3) is 3.42. The van der Waals surface area contributed by atoms with Gasteiger partial charge in [0, 0.05) is 24.0 Å². The van der Waals surface area contributed by atoms with Crippen LogP contribution in [0.25, 0.3) is 0 Å². The van der Waals surface area contributed by atoms with Gasteiger partial charge in [0.05, 0.1) is 5.69 Å². The van der Waals surface area contributed by atoms with Gasteiger partial charge in [0.15, 0.2) is 5.13 Å². The van der Waals surface area contributed by atoms with Crippen molar-refractivity contribution in [3.63, 3.8) is 0 Å². The maximum atomic E-state index is 5.00. The van der Waals surface area contributed by atoms with Gasteiger partial charge in [-0.3, -0.25) is 0 Å². The van der Waals surface area contributed by atoms with Crippen LogP contribution in [-0.4, -0.2) is 24.6 Å². The molecule has 0 amide bonds. The van der Waals surface area contributed by atoms with Crippen LogP contribution in [0.2, 0.25) is 0 Å². The zero-order chi connectivity index (χ0) is 14.9. The highest BCUT2D eigenvalue weighted by Gasteiger charge is 2.30. The average molecular weight is 308 g/mol. The van der Waals surface area contributed by atoms with E-state index in [4.69, 9.17) is 4.98 Å². The Morgan fingerprint density at radius 1 is 1.38 bits per heavy atom. The Balaban J connectivity index is 1.77. The van der Waals surface area contributed by atoms with Crippen molar-refractivity contribution < 1.29 is 0 Å². The van der Waals surface area contributed by atoms with Crippen LogP contribution in [0.3, 0.4) is 0 Å². The van der Waals surface area contributed by atoms with Gasteiger partial charge in [-0.25, -0.2) is 4.98 Å². The van der Waals surface area contributed by atoms with Gasteiger partial charge >= 0.3 is 0 Å². The van der Waals surface area contributed by atoms with Gasteiger partial charge in [0.2, 0.25) is 0 Å². The maximum Gasteiger partial charge on any atom is 0.185 e. The molecule has 3 nitrogen and oxygen atoms in total. The Kier molecular flexibility index (Phi) is 4.55. The van der Waals surface area contributed by atoms with Crippen molar-refractivity contribution in [2.24, 2.45) is 5.41 Å². The molecule has 1 atom stereocenters.